The lowest BCUT2D eigenvalue weighted by Gasteiger charge is -2.33. The molecule has 1 fully saturated rings. The van der Waals surface area contributed by atoms with E-state index in [0.717, 1.165) is 52.7 Å². The number of likely N-dealkylation sites (tertiary alicyclic amines) is 1. The van der Waals surface area contributed by atoms with Gasteiger partial charge >= 0.3 is 0 Å². The summed E-state index contributed by atoms with van der Waals surface area (Å²) >= 11 is 3.67. The molecule has 3 aromatic rings. The van der Waals surface area contributed by atoms with E-state index in [2.05, 4.69) is 56.5 Å². The number of rotatable bonds is 4. The molecule has 1 aliphatic carbocycles. The van der Waals surface area contributed by atoms with Crippen LogP contribution < -0.4 is 5.73 Å². The van der Waals surface area contributed by atoms with Gasteiger partial charge in [-0.15, -0.1) is 0 Å². The fourth-order valence-electron chi connectivity index (χ4n) is 5.07. The number of aromatic nitrogens is 4. The summed E-state index contributed by atoms with van der Waals surface area (Å²) in [5, 5.41) is 8.24. The third kappa shape index (κ3) is 4.09. The fraction of sp³-hybridized carbons (Fsp3) is 0.346. The average Bonchev–Trinajstić information content (AvgIpc) is 3.62. The Morgan fingerprint density at radius 2 is 2.06 bits per heavy atom. The minimum Gasteiger partial charge on any atom is -0.395 e. The number of hydrogen-bond donors (Lipinski definition) is 1. The second-order valence-electron chi connectivity index (χ2n) is 9.34. The molecule has 184 valence electrons. The number of halogens is 1. The predicted octanol–water partition coefficient (Wildman–Crippen LogP) is 4.21. The van der Waals surface area contributed by atoms with E-state index >= 15 is 0 Å². The van der Waals surface area contributed by atoms with Gasteiger partial charge in [-0.05, 0) is 53.3 Å². The lowest BCUT2D eigenvalue weighted by molar-refractivity contribution is -0.135. The van der Waals surface area contributed by atoms with Crippen LogP contribution >= 0.6 is 15.9 Å². The van der Waals surface area contributed by atoms with Crippen LogP contribution in [0.3, 0.4) is 0 Å². The molecular formula is C26H26BrN7O2. The van der Waals surface area contributed by atoms with E-state index < -0.39 is 0 Å². The monoisotopic (exact) mass is 547 g/mol. The summed E-state index contributed by atoms with van der Waals surface area (Å²) in [6.45, 7) is 1.65. The van der Waals surface area contributed by atoms with Crippen molar-refractivity contribution in [3.05, 3.63) is 58.6 Å². The van der Waals surface area contributed by atoms with Crippen molar-refractivity contribution >= 4 is 45.1 Å². The Morgan fingerprint density at radius 3 is 2.75 bits per heavy atom. The summed E-state index contributed by atoms with van der Waals surface area (Å²) in [4.78, 5) is 29.3. The van der Waals surface area contributed by atoms with Crippen LogP contribution in [0.5, 0.6) is 0 Å². The number of amides is 1. The van der Waals surface area contributed by atoms with E-state index in [4.69, 9.17) is 20.5 Å². The number of hydrogen-bond acceptors (Lipinski definition) is 7. The van der Waals surface area contributed by atoms with Crippen molar-refractivity contribution in [2.24, 2.45) is 11.1 Å². The summed E-state index contributed by atoms with van der Waals surface area (Å²) in [7, 11) is 0. The number of oxime groups is 1. The quantitative estimate of drug-likeness (QED) is 0.523. The summed E-state index contributed by atoms with van der Waals surface area (Å²) in [5.41, 5.74) is 12.2. The molecule has 5 heterocycles. The molecule has 0 spiro atoms. The Labute approximate surface area is 216 Å². The van der Waals surface area contributed by atoms with E-state index in [9.17, 15) is 4.79 Å². The number of fused-ring (bicyclic) bond motifs is 1. The third-order valence-electron chi connectivity index (χ3n) is 7.15. The van der Waals surface area contributed by atoms with Gasteiger partial charge in [0.1, 0.15) is 18.3 Å². The first-order chi connectivity index (χ1) is 17.6. The van der Waals surface area contributed by atoms with Crippen molar-refractivity contribution in [1.82, 2.24) is 24.5 Å². The molecule has 0 saturated carbocycles. The van der Waals surface area contributed by atoms with E-state index in [1.54, 1.807) is 16.9 Å². The molecule has 36 heavy (non-hydrogen) atoms. The van der Waals surface area contributed by atoms with Gasteiger partial charge in [0.25, 0.3) is 0 Å². The molecule has 0 aromatic carbocycles. The van der Waals surface area contributed by atoms with E-state index in [-0.39, 0.29) is 17.7 Å². The standard InChI is InChI=1S/C26H26BrN7O2/c27-22-23(17-8-10-33(11-9-17)26(35)19-13-31-36-15-19)32-25-20(14-30-34(25)24(22)28)18-6-7-21(29-12-18)16-4-2-1-3-5-16/h1-2,4,6-7,12-14,17,19H,3,5,8-11,15,28H2. The Hall–Kier alpha value is -3.53. The maximum absolute atomic E-state index is 12.7. The van der Waals surface area contributed by atoms with Crippen LogP contribution in [0.2, 0.25) is 0 Å². The molecule has 0 radical (unpaired) electrons. The molecule has 0 bridgehead atoms. The largest absolute Gasteiger partial charge is 0.395 e. The number of allylic oxidation sites excluding steroid dienone is 4. The Kier molecular flexibility index (Phi) is 6.04. The summed E-state index contributed by atoms with van der Waals surface area (Å²) < 4.78 is 2.43. The molecule has 3 aliphatic rings. The molecule has 3 aromatic heterocycles. The normalized spacial score (nSPS) is 20.1. The van der Waals surface area contributed by atoms with Gasteiger partial charge < -0.3 is 15.5 Å². The Balaban J connectivity index is 1.26. The maximum Gasteiger partial charge on any atom is 0.234 e. The maximum atomic E-state index is 12.7. The molecule has 6 rings (SSSR count). The summed E-state index contributed by atoms with van der Waals surface area (Å²) in [5.74, 6) is 0.492. The Morgan fingerprint density at radius 1 is 1.19 bits per heavy atom. The number of anilines is 1. The lowest BCUT2D eigenvalue weighted by Crippen LogP contribution is -2.42. The zero-order chi connectivity index (χ0) is 24.6. The zero-order valence-corrected chi connectivity index (χ0v) is 21.3. The van der Waals surface area contributed by atoms with Crippen molar-refractivity contribution in [2.75, 3.05) is 25.4 Å². The highest BCUT2D eigenvalue weighted by atomic mass is 79.9. The van der Waals surface area contributed by atoms with Gasteiger partial charge in [0, 0.05) is 36.3 Å². The number of nitrogens with zero attached hydrogens (tertiary/aromatic N) is 6. The molecule has 1 atom stereocenters. The van der Waals surface area contributed by atoms with Crippen molar-refractivity contribution in [3.8, 4) is 11.1 Å². The van der Waals surface area contributed by atoms with Gasteiger partial charge in [-0.2, -0.15) is 9.61 Å². The topological polar surface area (TPSA) is 111 Å². The minimum atomic E-state index is -0.279. The van der Waals surface area contributed by atoms with Crippen molar-refractivity contribution < 1.29 is 9.63 Å². The third-order valence-corrected chi connectivity index (χ3v) is 7.96. The van der Waals surface area contributed by atoms with Crippen molar-refractivity contribution in [2.45, 2.75) is 31.6 Å². The van der Waals surface area contributed by atoms with Gasteiger partial charge in [-0.1, -0.05) is 29.5 Å². The first-order valence-electron chi connectivity index (χ1n) is 12.2. The number of nitrogens with two attached hydrogens (primary N) is 1. The number of pyridine rings is 1. The highest BCUT2D eigenvalue weighted by Crippen LogP contribution is 2.37. The van der Waals surface area contributed by atoms with E-state index in [1.807, 2.05) is 11.1 Å². The molecule has 2 aliphatic heterocycles. The van der Waals surface area contributed by atoms with Crippen LogP contribution in [0.4, 0.5) is 5.82 Å². The van der Waals surface area contributed by atoms with Crippen molar-refractivity contribution in [1.29, 1.82) is 0 Å². The van der Waals surface area contributed by atoms with E-state index in [1.165, 1.54) is 5.57 Å². The number of nitrogen functional groups attached to an aromatic ring is 1. The van der Waals surface area contributed by atoms with Crippen LogP contribution in [-0.4, -0.2) is 56.3 Å². The highest BCUT2D eigenvalue weighted by molar-refractivity contribution is 9.10. The van der Waals surface area contributed by atoms with Crippen LogP contribution in [-0.2, 0) is 9.63 Å². The summed E-state index contributed by atoms with van der Waals surface area (Å²) in [6, 6.07) is 4.12. The summed E-state index contributed by atoms with van der Waals surface area (Å²) in [6.07, 6.45) is 15.3. The number of piperidine rings is 1. The molecule has 10 heteroatoms. The zero-order valence-electron chi connectivity index (χ0n) is 19.7. The first-order valence-corrected chi connectivity index (χ1v) is 13.0. The molecule has 1 unspecified atom stereocenters. The first kappa shape index (κ1) is 22.9. The van der Waals surface area contributed by atoms with Crippen LogP contribution in [0, 0.1) is 5.92 Å². The highest BCUT2D eigenvalue weighted by Gasteiger charge is 2.32. The van der Waals surface area contributed by atoms with Crippen LogP contribution in [0.1, 0.15) is 43.0 Å². The molecule has 1 amide bonds. The smallest absolute Gasteiger partial charge is 0.234 e. The molecular weight excluding hydrogens is 522 g/mol. The molecule has 1 saturated heterocycles. The van der Waals surface area contributed by atoms with Gasteiger partial charge in [-0.25, -0.2) is 4.98 Å². The SMILES string of the molecule is Nc1c(Br)c(C2CCN(C(=O)C3C=NOC3)CC2)nc2c(-c3ccc(C4=CC=CCC4)nc3)cnn12. The number of carbonyl (C=O) groups excluding carboxylic acids is 1. The molecule has 2 N–H and O–H groups in total. The Bertz CT molecular complexity index is 1400. The second-order valence-corrected chi connectivity index (χ2v) is 10.1. The van der Waals surface area contributed by atoms with Crippen molar-refractivity contribution in [3.63, 3.8) is 0 Å². The van der Waals surface area contributed by atoms with Crippen LogP contribution in [0.25, 0.3) is 22.3 Å². The van der Waals surface area contributed by atoms with Crippen LogP contribution in [0.15, 0.2) is 52.4 Å². The lowest BCUT2D eigenvalue weighted by atomic mass is 9.92. The minimum absolute atomic E-state index is 0.0747. The number of carbonyl (C=O) groups is 1. The predicted molar refractivity (Wildman–Crippen MR) is 141 cm³/mol. The van der Waals surface area contributed by atoms with Gasteiger partial charge in [0.2, 0.25) is 5.91 Å². The van der Waals surface area contributed by atoms with Gasteiger partial charge in [0.15, 0.2) is 5.65 Å². The molecule has 9 nitrogen and oxygen atoms in total. The van der Waals surface area contributed by atoms with Gasteiger partial charge in [0.05, 0.1) is 28.3 Å². The van der Waals surface area contributed by atoms with Gasteiger partial charge in [-0.3, -0.25) is 9.78 Å². The average molecular weight is 548 g/mol. The van der Waals surface area contributed by atoms with E-state index in [0.29, 0.717) is 31.2 Å². The second kappa shape index (κ2) is 9.50. The fourth-order valence-corrected chi connectivity index (χ4v) is 5.65.